The number of nitrogens with two attached hydrogens (primary N) is 1. The van der Waals surface area contributed by atoms with E-state index in [-0.39, 0.29) is 11.9 Å². The second-order valence-electron chi connectivity index (χ2n) is 2.74. The SMILES string of the molecule is C/C(=N\NC(N)=O)C1CCOC1=O. The predicted molar refractivity (Wildman–Crippen MR) is 44.9 cm³/mol. The first kappa shape index (κ1) is 9.50. The number of hydrogen-bond acceptors (Lipinski definition) is 4. The summed E-state index contributed by atoms with van der Waals surface area (Å²) in [6, 6.07) is -0.745. The number of nitrogens with zero attached hydrogens (tertiary/aromatic N) is 1. The Bertz CT molecular complexity index is 262. The minimum absolute atomic E-state index is 0.299. The van der Waals surface area contributed by atoms with Crippen LogP contribution in [0.3, 0.4) is 0 Å². The number of rotatable bonds is 2. The lowest BCUT2D eigenvalue weighted by molar-refractivity contribution is -0.139. The number of carbonyl (C=O) groups is 2. The molecule has 0 aromatic heterocycles. The molecule has 0 spiro atoms. The van der Waals surface area contributed by atoms with E-state index < -0.39 is 6.03 Å². The lowest BCUT2D eigenvalue weighted by Gasteiger charge is -2.03. The highest BCUT2D eigenvalue weighted by atomic mass is 16.5. The number of ether oxygens (including phenoxy) is 1. The third-order valence-corrected chi connectivity index (χ3v) is 1.78. The van der Waals surface area contributed by atoms with Gasteiger partial charge in [-0.1, -0.05) is 0 Å². The van der Waals surface area contributed by atoms with Crippen molar-refractivity contribution in [1.29, 1.82) is 0 Å². The summed E-state index contributed by atoms with van der Waals surface area (Å²) in [5.41, 5.74) is 7.38. The van der Waals surface area contributed by atoms with Gasteiger partial charge in [-0.15, -0.1) is 0 Å². The normalized spacial score (nSPS) is 22.7. The minimum atomic E-state index is -0.745. The van der Waals surface area contributed by atoms with Crippen molar-refractivity contribution >= 4 is 17.7 Å². The molecule has 0 saturated carbocycles. The molecular weight excluding hydrogens is 174 g/mol. The molecule has 1 fully saturated rings. The maximum absolute atomic E-state index is 11.0. The fourth-order valence-corrected chi connectivity index (χ4v) is 1.10. The van der Waals surface area contributed by atoms with Crippen LogP contribution in [-0.2, 0) is 9.53 Å². The topological polar surface area (TPSA) is 93.8 Å². The number of carbonyl (C=O) groups excluding carboxylic acids is 2. The molecule has 13 heavy (non-hydrogen) atoms. The Hall–Kier alpha value is -1.59. The Labute approximate surface area is 75.1 Å². The summed E-state index contributed by atoms with van der Waals surface area (Å²) in [6.07, 6.45) is 0.606. The molecule has 1 atom stereocenters. The van der Waals surface area contributed by atoms with E-state index in [1.54, 1.807) is 6.92 Å². The first-order valence-corrected chi connectivity index (χ1v) is 3.87. The molecule has 1 unspecified atom stereocenters. The van der Waals surface area contributed by atoms with Gasteiger partial charge in [-0.2, -0.15) is 5.10 Å². The van der Waals surface area contributed by atoms with Crippen LogP contribution in [0, 0.1) is 5.92 Å². The summed E-state index contributed by atoms with van der Waals surface area (Å²) in [6.45, 7) is 2.06. The van der Waals surface area contributed by atoms with Gasteiger partial charge in [0, 0.05) is 12.1 Å². The van der Waals surface area contributed by atoms with E-state index in [4.69, 9.17) is 10.5 Å². The number of nitrogens with one attached hydrogen (secondary N) is 1. The molecule has 6 heteroatoms. The molecule has 1 aliphatic heterocycles. The van der Waals surface area contributed by atoms with Crippen LogP contribution < -0.4 is 11.2 Å². The molecular formula is C7H11N3O3. The van der Waals surface area contributed by atoms with Gasteiger partial charge in [0.1, 0.15) is 0 Å². The predicted octanol–water partition coefficient (Wildman–Crippen LogP) is -0.406. The van der Waals surface area contributed by atoms with Crippen LogP contribution in [0.1, 0.15) is 13.3 Å². The monoisotopic (exact) mass is 185 g/mol. The quantitative estimate of drug-likeness (QED) is 0.348. The number of cyclic esters (lactones) is 1. The standard InChI is InChI=1S/C7H11N3O3/c1-4(9-10-7(8)12)5-2-3-13-6(5)11/h5H,2-3H2,1H3,(H3,8,10,12)/b9-4+. The third kappa shape index (κ3) is 2.43. The highest BCUT2D eigenvalue weighted by Crippen LogP contribution is 2.15. The zero-order valence-corrected chi connectivity index (χ0v) is 7.24. The fourth-order valence-electron chi connectivity index (χ4n) is 1.10. The molecule has 1 aliphatic rings. The van der Waals surface area contributed by atoms with Gasteiger partial charge in [0.15, 0.2) is 0 Å². The Morgan fingerprint density at radius 3 is 2.92 bits per heavy atom. The van der Waals surface area contributed by atoms with E-state index >= 15 is 0 Å². The van der Waals surface area contributed by atoms with Crippen LogP contribution in [-0.4, -0.2) is 24.3 Å². The van der Waals surface area contributed by atoms with Crippen molar-refractivity contribution in [2.75, 3.05) is 6.61 Å². The largest absolute Gasteiger partial charge is 0.465 e. The van der Waals surface area contributed by atoms with Crippen LogP contribution >= 0.6 is 0 Å². The summed E-state index contributed by atoms with van der Waals surface area (Å²) in [5, 5.41) is 3.65. The lowest BCUT2D eigenvalue weighted by atomic mass is 10.0. The molecule has 1 saturated heterocycles. The molecule has 3 N–H and O–H groups in total. The molecule has 1 rings (SSSR count). The van der Waals surface area contributed by atoms with Crippen LogP contribution in [0.5, 0.6) is 0 Å². The number of hydrogen-bond donors (Lipinski definition) is 2. The molecule has 6 nitrogen and oxygen atoms in total. The fraction of sp³-hybridized carbons (Fsp3) is 0.571. The maximum Gasteiger partial charge on any atom is 0.332 e. The first-order valence-electron chi connectivity index (χ1n) is 3.87. The highest BCUT2D eigenvalue weighted by molar-refractivity contribution is 6.02. The van der Waals surface area contributed by atoms with Gasteiger partial charge in [-0.25, -0.2) is 10.2 Å². The highest BCUT2D eigenvalue weighted by Gasteiger charge is 2.29. The molecule has 0 aliphatic carbocycles. The van der Waals surface area contributed by atoms with Gasteiger partial charge in [-0.05, 0) is 6.92 Å². The average Bonchev–Trinajstić information content (AvgIpc) is 2.47. The van der Waals surface area contributed by atoms with E-state index in [2.05, 4.69) is 10.5 Å². The zero-order chi connectivity index (χ0) is 9.84. The van der Waals surface area contributed by atoms with Crippen LogP contribution in [0.2, 0.25) is 0 Å². The Kier molecular flexibility index (Phi) is 2.84. The Morgan fingerprint density at radius 2 is 2.46 bits per heavy atom. The van der Waals surface area contributed by atoms with Crippen molar-refractivity contribution in [1.82, 2.24) is 5.43 Å². The smallest absolute Gasteiger partial charge is 0.332 e. The van der Waals surface area contributed by atoms with E-state index in [0.29, 0.717) is 18.7 Å². The zero-order valence-electron chi connectivity index (χ0n) is 7.24. The van der Waals surface area contributed by atoms with Crippen molar-refractivity contribution in [2.45, 2.75) is 13.3 Å². The molecule has 2 amide bonds. The van der Waals surface area contributed by atoms with Gasteiger partial charge >= 0.3 is 12.0 Å². The number of hydrazone groups is 1. The summed E-state index contributed by atoms with van der Waals surface area (Å²) < 4.78 is 4.73. The molecule has 0 aromatic carbocycles. The number of primary amides is 1. The first-order chi connectivity index (χ1) is 6.11. The van der Waals surface area contributed by atoms with Crippen molar-refractivity contribution in [2.24, 2.45) is 16.8 Å². The Balaban J connectivity index is 2.55. The van der Waals surface area contributed by atoms with Gasteiger partial charge in [0.05, 0.1) is 12.5 Å². The minimum Gasteiger partial charge on any atom is -0.465 e. The van der Waals surface area contributed by atoms with Crippen molar-refractivity contribution < 1.29 is 14.3 Å². The summed E-state index contributed by atoms with van der Waals surface area (Å²) in [5.74, 6) is -0.639. The Morgan fingerprint density at radius 1 is 1.77 bits per heavy atom. The third-order valence-electron chi connectivity index (χ3n) is 1.78. The summed E-state index contributed by atoms with van der Waals surface area (Å²) in [7, 11) is 0. The average molecular weight is 185 g/mol. The van der Waals surface area contributed by atoms with Crippen molar-refractivity contribution in [3.05, 3.63) is 0 Å². The lowest BCUT2D eigenvalue weighted by Crippen LogP contribution is -2.27. The van der Waals surface area contributed by atoms with Gasteiger partial charge < -0.3 is 10.5 Å². The molecule has 0 aromatic rings. The van der Waals surface area contributed by atoms with E-state index in [1.165, 1.54) is 0 Å². The van der Waals surface area contributed by atoms with E-state index in [9.17, 15) is 9.59 Å². The maximum atomic E-state index is 11.0. The number of amides is 2. The van der Waals surface area contributed by atoms with Crippen LogP contribution in [0.25, 0.3) is 0 Å². The number of urea groups is 1. The summed E-state index contributed by atoms with van der Waals surface area (Å²) >= 11 is 0. The van der Waals surface area contributed by atoms with Gasteiger partial charge in [-0.3, -0.25) is 4.79 Å². The van der Waals surface area contributed by atoms with Gasteiger partial charge in [0.25, 0.3) is 0 Å². The molecule has 72 valence electrons. The molecule has 0 radical (unpaired) electrons. The van der Waals surface area contributed by atoms with E-state index in [1.807, 2.05) is 0 Å². The number of esters is 1. The summed E-state index contributed by atoms with van der Waals surface area (Å²) in [4.78, 5) is 21.3. The molecule has 1 heterocycles. The molecule has 0 bridgehead atoms. The van der Waals surface area contributed by atoms with Crippen molar-refractivity contribution in [3.8, 4) is 0 Å². The second kappa shape index (κ2) is 3.88. The van der Waals surface area contributed by atoms with E-state index in [0.717, 1.165) is 0 Å². The van der Waals surface area contributed by atoms with Crippen molar-refractivity contribution in [3.63, 3.8) is 0 Å². The van der Waals surface area contributed by atoms with Crippen LogP contribution in [0.4, 0.5) is 4.79 Å². The van der Waals surface area contributed by atoms with Gasteiger partial charge in [0.2, 0.25) is 0 Å². The van der Waals surface area contributed by atoms with Crippen LogP contribution in [0.15, 0.2) is 5.10 Å². The second-order valence-corrected chi connectivity index (χ2v) is 2.74.